The number of hydrogen-bond donors (Lipinski definition) is 1. The first-order valence-electron chi connectivity index (χ1n) is 4.74. The Kier molecular flexibility index (Phi) is 4.23. The second-order valence-electron chi connectivity index (χ2n) is 3.48. The van der Waals surface area contributed by atoms with Gasteiger partial charge in [-0.3, -0.25) is 9.69 Å². The van der Waals surface area contributed by atoms with Crippen LogP contribution in [0.15, 0.2) is 0 Å². The van der Waals surface area contributed by atoms with Crippen molar-refractivity contribution in [3.05, 3.63) is 0 Å². The number of nitriles is 1. The third-order valence-electron chi connectivity index (χ3n) is 2.33. The number of piperazine rings is 1. The topological polar surface area (TPSA) is 102 Å². The van der Waals surface area contributed by atoms with E-state index in [0.29, 0.717) is 13.1 Å². The number of aliphatic carboxylic acids is 1. The van der Waals surface area contributed by atoms with Crippen LogP contribution >= 0.6 is 0 Å². The number of hydrogen-bond acceptors (Lipinski definition) is 5. The van der Waals surface area contributed by atoms with Gasteiger partial charge in [0.2, 0.25) is 10.0 Å². The van der Waals surface area contributed by atoms with Crippen LogP contribution in [0.5, 0.6) is 0 Å². The molecule has 1 saturated heterocycles. The van der Waals surface area contributed by atoms with Gasteiger partial charge in [-0.2, -0.15) is 9.57 Å². The van der Waals surface area contributed by atoms with Crippen LogP contribution in [0.2, 0.25) is 0 Å². The second-order valence-corrected chi connectivity index (χ2v) is 5.45. The summed E-state index contributed by atoms with van der Waals surface area (Å²) in [7, 11) is -3.49. The first-order valence-corrected chi connectivity index (χ1v) is 6.35. The maximum absolute atomic E-state index is 11.5. The van der Waals surface area contributed by atoms with Crippen molar-refractivity contribution >= 4 is 16.0 Å². The van der Waals surface area contributed by atoms with Crippen LogP contribution in [0.4, 0.5) is 0 Å². The normalized spacial score (nSPS) is 19.2. The summed E-state index contributed by atoms with van der Waals surface area (Å²) in [5.41, 5.74) is 0. The molecule has 0 amide bonds. The van der Waals surface area contributed by atoms with Crippen LogP contribution < -0.4 is 0 Å². The molecule has 0 aromatic carbocycles. The zero-order valence-corrected chi connectivity index (χ0v) is 9.48. The van der Waals surface area contributed by atoms with E-state index in [-0.39, 0.29) is 19.6 Å². The molecule has 0 unspecified atom stereocenters. The minimum absolute atomic E-state index is 0.0772. The number of rotatable bonds is 4. The molecule has 7 nitrogen and oxygen atoms in total. The molecule has 1 aliphatic rings. The summed E-state index contributed by atoms with van der Waals surface area (Å²) < 4.78 is 24.2. The Morgan fingerprint density at radius 1 is 1.31 bits per heavy atom. The Morgan fingerprint density at radius 2 is 1.88 bits per heavy atom. The highest BCUT2D eigenvalue weighted by molar-refractivity contribution is 7.89. The van der Waals surface area contributed by atoms with Crippen LogP contribution in [0.3, 0.4) is 0 Å². The van der Waals surface area contributed by atoms with E-state index in [1.54, 1.807) is 11.0 Å². The predicted octanol–water partition coefficient (Wildman–Crippen LogP) is -1.46. The molecule has 1 heterocycles. The van der Waals surface area contributed by atoms with Gasteiger partial charge in [0.25, 0.3) is 0 Å². The van der Waals surface area contributed by atoms with Crippen molar-refractivity contribution in [3.63, 3.8) is 0 Å². The van der Waals surface area contributed by atoms with Gasteiger partial charge in [-0.1, -0.05) is 0 Å². The summed E-state index contributed by atoms with van der Waals surface area (Å²) >= 11 is 0. The minimum Gasteiger partial charge on any atom is -0.480 e. The SMILES string of the molecule is N#CCS(=O)(=O)N1CCN(CC(=O)O)CC1. The number of nitrogens with zero attached hydrogens (tertiary/aromatic N) is 3. The van der Waals surface area contributed by atoms with Crippen molar-refractivity contribution in [2.75, 3.05) is 38.5 Å². The number of sulfonamides is 1. The van der Waals surface area contributed by atoms with E-state index in [9.17, 15) is 13.2 Å². The molecule has 0 radical (unpaired) electrons. The molecule has 1 aliphatic heterocycles. The maximum Gasteiger partial charge on any atom is 0.317 e. The fourth-order valence-corrected chi connectivity index (χ4v) is 2.60. The Labute approximate surface area is 93.9 Å². The van der Waals surface area contributed by atoms with Crippen LogP contribution in [0.1, 0.15) is 0 Å². The monoisotopic (exact) mass is 247 g/mol. The first-order chi connectivity index (χ1) is 7.45. The van der Waals surface area contributed by atoms with E-state index in [1.807, 2.05) is 0 Å². The lowest BCUT2D eigenvalue weighted by atomic mass is 10.3. The largest absolute Gasteiger partial charge is 0.480 e. The smallest absolute Gasteiger partial charge is 0.317 e. The number of carboxylic acid groups (broad SMARTS) is 1. The molecule has 1 rings (SSSR count). The molecule has 0 atom stereocenters. The second kappa shape index (κ2) is 5.25. The van der Waals surface area contributed by atoms with Crippen LogP contribution in [-0.4, -0.2) is 67.2 Å². The van der Waals surface area contributed by atoms with E-state index in [4.69, 9.17) is 10.4 Å². The molecule has 0 bridgehead atoms. The van der Waals surface area contributed by atoms with Gasteiger partial charge in [0.15, 0.2) is 5.75 Å². The Morgan fingerprint density at radius 3 is 2.31 bits per heavy atom. The predicted molar refractivity (Wildman–Crippen MR) is 55.0 cm³/mol. The van der Waals surface area contributed by atoms with E-state index < -0.39 is 21.7 Å². The Hall–Kier alpha value is -1.17. The average Bonchev–Trinajstić information content (AvgIpc) is 2.17. The molecule has 0 aromatic heterocycles. The van der Waals surface area contributed by atoms with E-state index >= 15 is 0 Å². The lowest BCUT2D eigenvalue weighted by Gasteiger charge is -2.32. The molecule has 0 aromatic rings. The van der Waals surface area contributed by atoms with Gasteiger partial charge < -0.3 is 5.11 Å². The van der Waals surface area contributed by atoms with Crippen molar-refractivity contribution in [2.24, 2.45) is 0 Å². The van der Waals surface area contributed by atoms with Gasteiger partial charge >= 0.3 is 5.97 Å². The molecule has 0 spiro atoms. The molecular weight excluding hydrogens is 234 g/mol. The molecule has 90 valence electrons. The zero-order chi connectivity index (χ0) is 12.2. The maximum atomic E-state index is 11.5. The standard InChI is InChI=1S/C8H13N3O4S/c9-1-6-16(14,15)11-4-2-10(3-5-11)7-8(12)13/h2-7H2,(H,12,13). The van der Waals surface area contributed by atoms with Gasteiger partial charge in [-0.25, -0.2) is 8.42 Å². The quantitative estimate of drug-likeness (QED) is 0.651. The van der Waals surface area contributed by atoms with Gasteiger partial charge in [-0.15, -0.1) is 0 Å². The lowest BCUT2D eigenvalue weighted by Crippen LogP contribution is -2.50. The highest BCUT2D eigenvalue weighted by Crippen LogP contribution is 2.07. The Balaban J connectivity index is 2.50. The molecule has 16 heavy (non-hydrogen) atoms. The minimum atomic E-state index is -3.49. The average molecular weight is 247 g/mol. The van der Waals surface area contributed by atoms with Crippen LogP contribution in [-0.2, 0) is 14.8 Å². The first kappa shape index (κ1) is 12.9. The zero-order valence-electron chi connectivity index (χ0n) is 8.66. The summed E-state index contributed by atoms with van der Waals surface area (Å²) in [6.07, 6.45) is 0. The summed E-state index contributed by atoms with van der Waals surface area (Å²) in [5.74, 6) is -1.44. The fourth-order valence-electron chi connectivity index (χ4n) is 1.53. The van der Waals surface area contributed by atoms with Crippen LogP contribution in [0.25, 0.3) is 0 Å². The third kappa shape index (κ3) is 3.44. The van der Waals surface area contributed by atoms with E-state index in [0.717, 1.165) is 0 Å². The molecule has 0 saturated carbocycles. The summed E-state index contributed by atoms with van der Waals surface area (Å²) in [6, 6.07) is 1.61. The molecular formula is C8H13N3O4S. The summed E-state index contributed by atoms with van der Waals surface area (Å²) in [4.78, 5) is 12.1. The Bertz CT molecular complexity index is 392. The van der Waals surface area contributed by atoms with Gasteiger partial charge in [-0.05, 0) is 0 Å². The molecule has 1 fully saturated rings. The number of carbonyl (C=O) groups is 1. The van der Waals surface area contributed by atoms with Gasteiger partial charge in [0.05, 0.1) is 12.6 Å². The number of carboxylic acids is 1. The van der Waals surface area contributed by atoms with Crippen molar-refractivity contribution in [2.45, 2.75) is 0 Å². The van der Waals surface area contributed by atoms with Crippen molar-refractivity contribution in [3.8, 4) is 6.07 Å². The van der Waals surface area contributed by atoms with Gasteiger partial charge in [0, 0.05) is 26.2 Å². The molecule has 0 aliphatic carbocycles. The van der Waals surface area contributed by atoms with Gasteiger partial charge in [0.1, 0.15) is 0 Å². The summed E-state index contributed by atoms with van der Waals surface area (Å²) in [5, 5.41) is 16.9. The molecule has 8 heteroatoms. The van der Waals surface area contributed by atoms with Crippen molar-refractivity contribution in [1.29, 1.82) is 5.26 Å². The van der Waals surface area contributed by atoms with E-state index in [2.05, 4.69) is 0 Å². The highest BCUT2D eigenvalue weighted by Gasteiger charge is 2.27. The van der Waals surface area contributed by atoms with Crippen molar-refractivity contribution < 1.29 is 18.3 Å². The fraction of sp³-hybridized carbons (Fsp3) is 0.750. The molecule has 1 N–H and O–H groups in total. The lowest BCUT2D eigenvalue weighted by molar-refractivity contribution is -0.138. The van der Waals surface area contributed by atoms with Crippen LogP contribution in [0, 0.1) is 11.3 Å². The summed E-state index contributed by atoms with van der Waals surface area (Å²) in [6.45, 7) is 1.19. The van der Waals surface area contributed by atoms with Crippen molar-refractivity contribution in [1.82, 2.24) is 9.21 Å². The third-order valence-corrected chi connectivity index (χ3v) is 3.98. The highest BCUT2D eigenvalue weighted by atomic mass is 32.2. The van der Waals surface area contributed by atoms with E-state index in [1.165, 1.54) is 4.31 Å².